The fourth-order valence-electron chi connectivity index (χ4n) is 3.40. The number of nitrogens with one attached hydrogen (secondary N) is 2. The Kier molecular flexibility index (Phi) is 7.47. The van der Waals surface area contributed by atoms with Gasteiger partial charge in [-0.15, -0.1) is 0 Å². The lowest BCUT2D eigenvalue weighted by Gasteiger charge is -2.32. The number of ether oxygens (including phenoxy) is 2. The Morgan fingerprint density at radius 3 is 2.91 bits per heavy atom. The van der Waals surface area contributed by atoms with Crippen LogP contribution < -0.4 is 15.4 Å². The molecule has 178 valence electrons. The molecule has 1 atom stereocenters. The van der Waals surface area contributed by atoms with Gasteiger partial charge in [-0.05, 0) is 31.3 Å². The Morgan fingerprint density at radius 2 is 2.18 bits per heavy atom. The highest BCUT2D eigenvalue weighted by molar-refractivity contribution is 6.43. The topological polar surface area (TPSA) is 88.6 Å². The first kappa shape index (κ1) is 24.2. The lowest BCUT2D eigenvalue weighted by Crippen LogP contribution is -2.46. The summed E-state index contributed by atoms with van der Waals surface area (Å²) < 4.78 is 25.2. The van der Waals surface area contributed by atoms with Crippen LogP contribution in [0.25, 0.3) is 10.9 Å². The average Bonchev–Trinajstić information content (AvgIpc) is 2.81. The summed E-state index contributed by atoms with van der Waals surface area (Å²) in [5.41, 5.74) is 1.47. The summed E-state index contributed by atoms with van der Waals surface area (Å²) in [6.07, 6.45) is 1.39. The number of amides is 1. The van der Waals surface area contributed by atoms with Crippen molar-refractivity contribution < 1.29 is 18.7 Å². The van der Waals surface area contributed by atoms with E-state index in [2.05, 4.69) is 32.1 Å². The second-order valence-electron chi connectivity index (χ2n) is 7.72. The van der Waals surface area contributed by atoms with Gasteiger partial charge in [-0.2, -0.15) is 0 Å². The fraction of sp³-hybridized carbons (Fsp3) is 0.261. The largest absolute Gasteiger partial charge is 0.490 e. The molecule has 3 aromatic rings. The molecule has 0 saturated carbocycles. The van der Waals surface area contributed by atoms with Crippen LogP contribution in [0, 0.1) is 5.82 Å². The summed E-state index contributed by atoms with van der Waals surface area (Å²) in [6.45, 7) is 5.83. The summed E-state index contributed by atoms with van der Waals surface area (Å²) in [5, 5.41) is 6.21. The van der Waals surface area contributed by atoms with Crippen LogP contribution in [-0.2, 0) is 9.53 Å². The predicted molar refractivity (Wildman–Crippen MR) is 131 cm³/mol. The molecule has 0 spiro atoms. The number of aromatic nitrogens is 2. The Labute approximate surface area is 205 Å². The lowest BCUT2D eigenvalue weighted by atomic mass is 10.1. The quantitative estimate of drug-likeness (QED) is 0.454. The van der Waals surface area contributed by atoms with Crippen molar-refractivity contribution in [1.29, 1.82) is 0 Å². The van der Waals surface area contributed by atoms with E-state index in [1.807, 2.05) is 7.05 Å². The van der Waals surface area contributed by atoms with E-state index in [-0.39, 0.29) is 16.1 Å². The van der Waals surface area contributed by atoms with E-state index in [4.69, 9.17) is 32.7 Å². The molecular formula is C23H22Cl2FN5O3. The Bertz CT molecular complexity index is 1240. The minimum absolute atomic E-state index is 0.0238. The van der Waals surface area contributed by atoms with Crippen LogP contribution in [0.1, 0.15) is 0 Å². The molecule has 8 nitrogen and oxygen atoms in total. The van der Waals surface area contributed by atoms with Crippen molar-refractivity contribution in [3.8, 4) is 5.75 Å². The molecule has 2 aromatic carbocycles. The molecule has 2 heterocycles. The van der Waals surface area contributed by atoms with Gasteiger partial charge in [0.1, 0.15) is 30.3 Å². The van der Waals surface area contributed by atoms with Crippen molar-refractivity contribution in [3.05, 3.63) is 59.1 Å². The second kappa shape index (κ2) is 10.5. The number of morpholine rings is 1. The van der Waals surface area contributed by atoms with E-state index in [1.165, 1.54) is 24.5 Å². The van der Waals surface area contributed by atoms with Crippen LogP contribution >= 0.6 is 23.2 Å². The lowest BCUT2D eigenvalue weighted by molar-refractivity contribution is -0.112. The molecule has 4 rings (SSSR count). The van der Waals surface area contributed by atoms with Gasteiger partial charge >= 0.3 is 0 Å². The number of carbonyl (C=O) groups excluding carboxylic acids is 1. The van der Waals surface area contributed by atoms with Crippen molar-refractivity contribution in [3.63, 3.8) is 0 Å². The maximum atomic E-state index is 13.5. The maximum Gasteiger partial charge on any atom is 0.266 e. The number of halogens is 3. The summed E-state index contributed by atoms with van der Waals surface area (Å²) in [5.74, 6) is -0.255. The average molecular weight is 506 g/mol. The molecule has 34 heavy (non-hydrogen) atoms. The monoisotopic (exact) mass is 505 g/mol. The van der Waals surface area contributed by atoms with Gasteiger partial charge in [0.2, 0.25) is 0 Å². The van der Waals surface area contributed by atoms with Crippen molar-refractivity contribution in [2.24, 2.45) is 0 Å². The Morgan fingerprint density at radius 1 is 1.35 bits per heavy atom. The van der Waals surface area contributed by atoms with Crippen LogP contribution in [0.4, 0.5) is 21.6 Å². The minimum atomic E-state index is -0.569. The van der Waals surface area contributed by atoms with Gasteiger partial charge in [0.25, 0.3) is 5.91 Å². The van der Waals surface area contributed by atoms with Crippen LogP contribution in [0.2, 0.25) is 5.02 Å². The number of fused-ring (bicyclic) bond motifs is 1. The molecule has 1 aliphatic heterocycles. The van der Waals surface area contributed by atoms with Gasteiger partial charge in [-0.3, -0.25) is 9.69 Å². The zero-order valence-electron chi connectivity index (χ0n) is 18.3. The molecule has 11 heteroatoms. The SMILES string of the molecule is C=C(Cl)C(=O)Nc1cc2c(Nc3ccc(F)c(Cl)c3)ncnc2cc1OC[C@@H]1COCCN1C. The first-order chi connectivity index (χ1) is 16.3. The van der Waals surface area contributed by atoms with E-state index >= 15 is 0 Å². The van der Waals surface area contributed by atoms with Gasteiger partial charge in [0.05, 0.1) is 40.5 Å². The highest BCUT2D eigenvalue weighted by Crippen LogP contribution is 2.34. The standard InChI is InChI=1S/C23H22Cl2FN5O3/c1-13(24)23(32)30-20-8-16-19(9-21(20)34-11-15-10-33-6-5-31(15)2)27-12-28-22(16)29-14-3-4-18(26)17(25)7-14/h3-4,7-9,12,15H,1,5-6,10-11H2,2H3,(H,30,32)(H,27,28,29)/t15-/m0/s1. The van der Waals surface area contributed by atoms with E-state index in [0.29, 0.717) is 53.7 Å². The molecule has 1 saturated heterocycles. The number of anilines is 3. The highest BCUT2D eigenvalue weighted by Gasteiger charge is 2.22. The number of hydrogen-bond donors (Lipinski definition) is 2. The van der Waals surface area contributed by atoms with E-state index < -0.39 is 11.7 Å². The van der Waals surface area contributed by atoms with Crippen LogP contribution in [-0.4, -0.2) is 60.2 Å². The van der Waals surface area contributed by atoms with Crippen molar-refractivity contribution in [2.75, 3.05) is 44.0 Å². The molecule has 0 unspecified atom stereocenters. The number of rotatable bonds is 7. The zero-order valence-corrected chi connectivity index (χ0v) is 19.8. The zero-order chi connectivity index (χ0) is 24.2. The first-order valence-electron chi connectivity index (χ1n) is 10.4. The number of likely N-dealkylation sites (N-methyl/N-ethyl adjacent to an activating group) is 1. The second-order valence-corrected chi connectivity index (χ2v) is 8.58. The number of nitrogens with zero attached hydrogens (tertiary/aromatic N) is 3. The van der Waals surface area contributed by atoms with Crippen molar-refractivity contribution >= 4 is 57.2 Å². The molecule has 0 radical (unpaired) electrons. The molecule has 1 aromatic heterocycles. The Balaban J connectivity index is 1.68. The van der Waals surface area contributed by atoms with Crippen LogP contribution in [0.5, 0.6) is 5.75 Å². The normalized spacial score (nSPS) is 16.3. The van der Waals surface area contributed by atoms with Crippen LogP contribution in [0.15, 0.2) is 48.3 Å². The van der Waals surface area contributed by atoms with E-state index in [0.717, 1.165) is 6.54 Å². The summed E-state index contributed by atoms with van der Waals surface area (Å²) in [4.78, 5) is 23.1. The van der Waals surface area contributed by atoms with Gasteiger partial charge in [0.15, 0.2) is 0 Å². The summed E-state index contributed by atoms with van der Waals surface area (Å²) in [7, 11) is 2.00. The van der Waals surface area contributed by atoms with E-state index in [9.17, 15) is 9.18 Å². The van der Waals surface area contributed by atoms with Gasteiger partial charge < -0.3 is 20.1 Å². The summed E-state index contributed by atoms with van der Waals surface area (Å²) >= 11 is 11.7. The van der Waals surface area contributed by atoms with Crippen molar-refractivity contribution in [1.82, 2.24) is 14.9 Å². The molecule has 2 N–H and O–H groups in total. The fourth-order valence-corrected chi connectivity index (χ4v) is 3.63. The predicted octanol–water partition coefficient (Wildman–Crippen LogP) is 4.57. The molecule has 1 aliphatic rings. The van der Waals surface area contributed by atoms with Crippen LogP contribution in [0.3, 0.4) is 0 Å². The Hall–Kier alpha value is -2.98. The van der Waals surface area contributed by atoms with Crippen molar-refractivity contribution in [2.45, 2.75) is 6.04 Å². The first-order valence-corrected chi connectivity index (χ1v) is 11.1. The van der Waals surface area contributed by atoms with Gasteiger partial charge in [-0.25, -0.2) is 14.4 Å². The molecule has 0 bridgehead atoms. The third kappa shape index (κ3) is 5.56. The molecule has 1 fully saturated rings. The highest BCUT2D eigenvalue weighted by atomic mass is 35.5. The molecule has 1 amide bonds. The number of hydrogen-bond acceptors (Lipinski definition) is 7. The molecular weight excluding hydrogens is 484 g/mol. The number of carbonyl (C=O) groups is 1. The van der Waals surface area contributed by atoms with Gasteiger partial charge in [-0.1, -0.05) is 29.8 Å². The van der Waals surface area contributed by atoms with E-state index in [1.54, 1.807) is 12.1 Å². The minimum Gasteiger partial charge on any atom is -0.490 e. The smallest absolute Gasteiger partial charge is 0.266 e. The number of benzene rings is 2. The third-order valence-corrected chi connectivity index (χ3v) is 5.83. The third-order valence-electron chi connectivity index (χ3n) is 5.37. The van der Waals surface area contributed by atoms with Gasteiger partial charge in [0, 0.05) is 23.7 Å². The summed E-state index contributed by atoms with van der Waals surface area (Å²) in [6, 6.07) is 7.68. The molecule has 0 aliphatic carbocycles. The maximum absolute atomic E-state index is 13.5.